The summed E-state index contributed by atoms with van der Waals surface area (Å²) < 4.78 is 0. The van der Waals surface area contributed by atoms with Crippen molar-refractivity contribution in [2.75, 3.05) is 13.1 Å². The molecule has 0 radical (unpaired) electrons. The molecule has 0 spiro atoms. The Labute approximate surface area is 138 Å². The Morgan fingerprint density at radius 1 is 1.38 bits per heavy atom. The smallest absolute Gasteiger partial charge is 0.223 e. The van der Waals surface area contributed by atoms with Gasteiger partial charge in [-0.1, -0.05) is 23.7 Å². The van der Waals surface area contributed by atoms with E-state index in [0.29, 0.717) is 6.04 Å². The predicted octanol–water partition coefficient (Wildman–Crippen LogP) is 3.20. The van der Waals surface area contributed by atoms with Crippen molar-refractivity contribution in [1.82, 2.24) is 10.6 Å². The van der Waals surface area contributed by atoms with E-state index in [9.17, 15) is 4.79 Å². The summed E-state index contributed by atoms with van der Waals surface area (Å²) in [6, 6.07) is 8.35. The van der Waals surface area contributed by atoms with Crippen LogP contribution in [0.15, 0.2) is 24.3 Å². The molecular weight excluding hydrogens is 307 g/mol. The fourth-order valence-corrected chi connectivity index (χ4v) is 2.80. The standard InChI is InChI=1S/C16H23ClN2O.ClH/c1-12-11-14(8-10-18-12)16(20)19-9-2-3-13-4-6-15(17)7-5-13;/h4-7,12,14,18H,2-3,8-11H2,1H3,(H,19,20);1H/t12-,14-;/m0./s1. The SMILES string of the molecule is C[C@H]1C[C@@H](C(=O)NCCCc2ccc(Cl)cc2)CCN1.Cl. The fraction of sp³-hybridized carbons (Fsp3) is 0.562. The minimum Gasteiger partial charge on any atom is -0.356 e. The molecule has 1 amide bonds. The van der Waals surface area contributed by atoms with Crippen LogP contribution in [0.5, 0.6) is 0 Å². The molecule has 21 heavy (non-hydrogen) atoms. The Morgan fingerprint density at radius 2 is 2.10 bits per heavy atom. The molecule has 1 heterocycles. The highest BCUT2D eigenvalue weighted by Gasteiger charge is 2.24. The van der Waals surface area contributed by atoms with E-state index in [1.54, 1.807) is 0 Å². The lowest BCUT2D eigenvalue weighted by Gasteiger charge is -2.27. The lowest BCUT2D eigenvalue weighted by molar-refractivity contribution is -0.126. The highest BCUT2D eigenvalue weighted by atomic mass is 35.5. The molecular formula is C16H24Cl2N2O. The summed E-state index contributed by atoms with van der Waals surface area (Å²) in [5.41, 5.74) is 1.26. The Balaban J connectivity index is 0.00000220. The predicted molar refractivity (Wildman–Crippen MR) is 90.2 cm³/mol. The molecule has 0 aliphatic carbocycles. The lowest BCUT2D eigenvalue weighted by Crippen LogP contribution is -2.42. The first kappa shape index (κ1) is 18.3. The molecule has 118 valence electrons. The number of halogens is 2. The number of amides is 1. The Hall–Kier alpha value is -0.770. The second-order valence-corrected chi connectivity index (χ2v) is 6.03. The number of benzene rings is 1. The third-order valence-electron chi connectivity index (χ3n) is 3.85. The van der Waals surface area contributed by atoms with E-state index in [-0.39, 0.29) is 24.2 Å². The quantitative estimate of drug-likeness (QED) is 0.814. The van der Waals surface area contributed by atoms with Crippen molar-refractivity contribution in [3.63, 3.8) is 0 Å². The van der Waals surface area contributed by atoms with Crippen molar-refractivity contribution in [3.05, 3.63) is 34.9 Å². The van der Waals surface area contributed by atoms with Crippen molar-refractivity contribution >= 4 is 29.9 Å². The zero-order valence-electron chi connectivity index (χ0n) is 12.4. The van der Waals surface area contributed by atoms with E-state index in [1.165, 1.54) is 5.56 Å². The molecule has 1 aromatic rings. The largest absolute Gasteiger partial charge is 0.356 e. The minimum absolute atomic E-state index is 0. The lowest BCUT2D eigenvalue weighted by atomic mass is 9.92. The maximum atomic E-state index is 12.0. The topological polar surface area (TPSA) is 41.1 Å². The second-order valence-electron chi connectivity index (χ2n) is 5.60. The summed E-state index contributed by atoms with van der Waals surface area (Å²) in [4.78, 5) is 12.0. The Kier molecular flexibility index (Phi) is 8.09. The summed E-state index contributed by atoms with van der Waals surface area (Å²) in [5, 5.41) is 7.20. The summed E-state index contributed by atoms with van der Waals surface area (Å²) in [7, 11) is 0. The van der Waals surface area contributed by atoms with Gasteiger partial charge in [-0.3, -0.25) is 4.79 Å². The van der Waals surface area contributed by atoms with Crippen molar-refractivity contribution in [3.8, 4) is 0 Å². The van der Waals surface area contributed by atoms with Gasteiger partial charge >= 0.3 is 0 Å². The highest BCUT2D eigenvalue weighted by molar-refractivity contribution is 6.30. The molecule has 1 aromatic carbocycles. The van der Waals surface area contributed by atoms with Gasteiger partial charge in [0.05, 0.1) is 0 Å². The zero-order valence-corrected chi connectivity index (χ0v) is 14.0. The van der Waals surface area contributed by atoms with Crippen LogP contribution in [-0.2, 0) is 11.2 Å². The first-order valence-corrected chi connectivity index (χ1v) is 7.78. The normalized spacial score (nSPS) is 21.4. The van der Waals surface area contributed by atoms with Gasteiger partial charge in [0, 0.05) is 23.5 Å². The number of carbonyl (C=O) groups is 1. The fourth-order valence-electron chi connectivity index (χ4n) is 2.67. The van der Waals surface area contributed by atoms with Gasteiger partial charge < -0.3 is 10.6 Å². The summed E-state index contributed by atoms with van der Waals surface area (Å²) in [6.07, 6.45) is 3.84. The van der Waals surface area contributed by atoms with Crippen molar-refractivity contribution in [2.45, 2.75) is 38.6 Å². The molecule has 1 fully saturated rings. The molecule has 1 aliphatic heterocycles. The van der Waals surface area contributed by atoms with Gasteiger partial charge in [0.2, 0.25) is 5.91 Å². The molecule has 0 saturated carbocycles. The molecule has 1 aliphatic rings. The third-order valence-corrected chi connectivity index (χ3v) is 4.10. The molecule has 0 aromatic heterocycles. The summed E-state index contributed by atoms with van der Waals surface area (Å²) in [6.45, 7) is 3.84. The number of carbonyl (C=O) groups excluding carboxylic acids is 1. The molecule has 2 N–H and O–H groups in total. The van der Waals surface area contributed by atoms with Crippen LogP contribution < -0.4 is 10.6 Å². The maximum Gasteiger partial charge on any atom is 0.223 e. The molecule has 0 unspecified atom stereocenters. The van der Waals surface area contributed by atoms with Crippen molar-refractivity contribution in [1.29, 1.82) is 0 Å². The molecule has 3 nitrogen and oxygen atoms in total. The van der Waals surface area contributed by atoms with Gasteiger partial charge in [-0.15, -0.1) is 12.4 Å². The zero-order chi connectivity index (χ0) is 14.4. The van der Waals surface area contributed by atoms with Gasteiger partial charge in [0.1, 0.15) is 0 Å². The van der Waals surface area contributed by atoms with Crippen LogP contribution in [0.2, 0.25) is 5.02 Å². The monoisotopic (exact) mass is 330 g/mol. The van der Waals surface area contributed by atoms with Crippen molar-refractivity contribution < 1.29 is 4.79 Å². The summed E-state index contributed by atoms with van der Waals surface area (Å²) >= 11 is 5.85. The molecule has 0 bridgehead atoms. The summed E-state index contributed by atoms with van der Waals surface area (Å²) in [5.74, 6) is 0.399. The van der Waals surface area contributed by atoms with Crippen LogP contribution >= 0.6 is 24.0 Å². The van der Waals surface area contributed by atoms with E-state index in [0.717, 1.165) is 43.8 Å². The van der Waals surface area contributed by atoms with Crippen molar-refractivity contribution in [2.24, 2.45) is 5.92 Å². The maximum absolute atomic E-state index is 12.0. The molecule has 2 atom stereocenters. The van der Waals surface area contributed by atoms with Crippen LogP contribution in [-0.4, -0.2) is 25.0 Å². The number of piperidine rings is 1. The van der Waals surface area contributed by atoms with Gasteiger partial charge in [-0.05, 0) is 56.8 Å². The number of hydrogen-bond acceptors (Lipinski definition) is 2. The van der Waals surface area contributed by atoms with Gasteiger partial charge in [-0.2, -0.15) is 0 Å². The highest BCUT2D eigenvalue weighted by Crippen LogP contribution is 2.16. The van der Waals surface area contributed by atoms with Crippen LogP contribution in [0.1, 0.15) is 31.7 Å². The van der Waals surface area contributed by atoms with Crippen LogP contribution in [0.25, 0.3) is 0 Å². The third kappa shape index (κ3) is 6.25. The van der Waals surface area contributed by atoms with E-state index >= 15 is 0 Å². The van der Waals surface area contributed by atoms with Crippen LogP contribution in [0.4, 0.5) is 0 Å². The first-order chi connectivity index (χ1) is 9.65. The van der Waals surface area contributed by atoms with E-state index in [2.05, 4.69) is 17.6 Å². The number of nitrogens with one attached hydrogen (secondary N) is 2. The van der Waals surface area contributed by atoms with E-state index in [1.807, 2.05) is 24.3 Å². The van der Waals surface area contributed by atoms with Crippen LogP contribution in [0.3, 0.4) is 0 Å². The molecule has 2 rings (SSSR count). The van der Waals surface area contributed by atoms with Gasteiger partial charge in [0.15, 0.2) is 0 Å². The first-order valence-electron chi connectivity index (χ1n) is 7.40. The Bertz CT molecular complexity index is 436. The number of hydrogen-bond donors (Lipinski definition) is 2. The Morgan fingerprint density at radius 3 is 2.76 bits per heavy atom. The molecule has 1 saturated heterocycles. The number of rotatable bonds is 5. The second kappa shape index (κ2) is 9.29. The average Bonchev–Trinajstić information content (AvgIpc) is 2.45. The van der Waals surface area contributed by atoms with Gasteiger partial charge in [0.25, 0.3) is 0 Å². The minimum atomic E-state index is 0. The number of aryl methyl sites for hydroxylation is 1. The van der Waals surface area contributed by atoms with E-state index in [4.69, 9.17) is 11.6 Å². The molecule has 5 heteroatoms. The van der Waals surface area contributed by atoms with Crippen LogP contribution in [0, 0.1) is 5.92 Å². The van der Waals surface area contributed by atoms with E-state index < -0.39 is 0 Å². The van der Waals surface area contributed by atoms with Gasteiger partial charge in [-0.25, -0.2) is 0 Å². The average molecular weight is 331 g/mol.